The fraction of sp³-hybridized carbons (Fsp3) is 0.267. The zero-order valence-corrected chi connectivity index (χ0v) is 13.4. The molecule has 0 aliphatic heterocycles. The van der Waals surface area contributed by atoms with Gasteiger partial charge in [-0.2, -0.15) is 0 Å². The molecule has 0 spiro atoms. The molecule has 122 valence electrons. The lowest BCUT2D eigenvalue weighted by molar-refractivity contribution is -0.124. The van der Waals surface area contributed by atoms with E-state index in [1.165, 1.54) is 0 Å². The highest BCUT2D eigenvalue weighted by Crippen LogP contribution is 2.18. The molecule has 2 rings (SSSR count). The minimum absolute atomic E-state index is 0.0284. The van der Waals surface area contributed by atoms with Crippen LogP contribution < -0.4 is 11.1 Å². The average molecular weight is 338 g/mol. The van der Waals surface area contributed by atoms with Gasteiger partial charge in [0.05, 0.1) is 11.7 Å². The van der Waals surface area contributed by atoms with Gasteiger partial charge in [-0.05, 0) is 31.5 Å². The molecule has 0 radical (unpaired) electrons. The van der Waals surface area contributed by atoms with Crippen LogP contribution in [0.15, 0.2) is 28.8 Å². The predicted octanol–water partition coefficient (Wildman–Crippen LogP) is 2.25. The van der Waals surface area contributed by atoms with Gasteiger partial charge in [-0.15, -0.1) is 0 Å². The molecule has 0 saturated carbocycles. The third-order valence-corrected chi connectivity index (χ3v) is 3.39. The van der Waals surface area contributed by atoms with Gasteiger partial charge in [0.2, 0.25) is 5.88 Å². The Labute approximate surface area is 137 Å². The number of carbonyl (C=O) groups is 2. The van der Waals surface area contributed by atoms with Crippen molar-refractivity contribution in [2.45, 2.75) is 19.9 Å². The first kappa shape index (κ1) is 16.8. The minimum Gasteiger partial charge on any atom is -0.452 e. The van der Waals surface area contributed by atoms with Gasteiger partial charge in [0, 0.05) is 5.02 Å². The number of aryl methyl sites for hydroxylation is 1. The van der Waals surface area contributed by atoms with Crippen molar-refractivity contribution in [3.63, 3.8) is 0 Å². The molecule has 0 bridgehead atoms. The van der Waals surface area contributed by atoms with Gasteiger partial charge in [0.1, 0.15) is 5.56 Å². The number of esters is 1. The number of halogens is 1. The molecule has 1 heterocycles. The number of nitrogens with two attached hydrogens (primary N) is 1. The van der Waals surface area contributed by atoms with Crippen molar-refractivity contribution in [1.82, 2.24) is 10.5 Å². The summed E-state index contributed by atoms with van der Waals surface area (Å²) in [4.78, 5) is 23.7. The van der Waals surface area contributed by atoms with Gasteiger partial charge in [0.25, 0.3) is 5.91 Å². The molecule has 0 saturated heterocycles. The molecule has 23 heavy (non-hydrogen) atoms. The number of benzene rings is 1. The molecule has 1 amide bonds. The number of hydrogen-bond acceptors (Lipinski definition) is 6. The Morgan fingerprint density at radius 2 is 2.22 bits per heavy atom. The Hall–Kier alpha value is -2.54. The molecule has 0 fully saturated rings. The maximum atomic E-state index is 11.9. The van der Waals surface area contributed by atoms with Crippen LogP contribution in [0.3, 0.4) is 0 Å². The van der Waals surface area contributed by atoms with Gasteiger partial charge in [0.15, 0.2) is 6.61 Å². The summed E-state index contributed by atoms with van der Waals surface area (Å²) in [6, 6.07) is 6.84. The summed E-state index contributed by atoms with van der Waals surface area (Å²) < 4.78 is 9.58. The van der Waals surface area contributed by atoms with E-state index < -0.39 is 18.5 Å². The van der Waals surface area contributed by atoms with Crippen molar-refractivity contribution in [2.24, 2.45) is 0 Å². The van der Waals surface area contributed by atoms with Gasteiger partial charge < -0.3 is 20.3 Å². The van der Waals surface area contributed by atoms with Gasteiger partial charge >= 0.3 is 5.97 Å². The van der Waals surface area contributed by atoms with Crippen LogP contribution in [-0.2, 0) is 9.53 Å². The topological polar surface area (TPSA) is 107 Å². The van der Waals surface area contributed by atoms with E-state index in [0.717, 1.165) is 5.56 Å². The van der Waals surface area contributed by atoms with Crippen molar-refractivity contribution in [1.29, 1.82) is 0 Å². The van der Waals surface area contributed by atoms with Crippen molar-refractivity contribution in [2.75, 3.05) is 12.3 Å². The molecule has 7 nitrogen and oxygen atoms in total. The summed E-state index contributed by atoms with van der Waals surface area (Å²) >= 11 is 5.91. The second kappa shape index (κ2) is 7.15. The lowest BCUT2D eigenvalue weighted by atomic mass is 10.1. The number of nitrogen functional groups attached to an aromatic ring is 1. The number of hydrogen-bond donors (Lipinski definition) is 2. The average Bonchev–Trinajstić information content (AvgIpc) is 2.84. The number of rotatable bonds is 5. The monoisotopic (exact) mass is 337 g/mol. The normalized spacial score (nSPS) is 11.8. The second-order valence-corrected chi connectivity index (χ2v) is 5.36. The van der Waals surface area contributed by atoms with Crippen LogP contribution in [0.25, 0.3) is 0 Å². The highest BCUT2D eigenvalue weighted by molar-refractivity contribution is 6.30. The van der Waals surface area contributed by atoms with Gasteiger partial charge in [-0.1, -0.05) is 28.9 Å². The summed E-state index contributed by atoms with van der Waals surface area (Å²) in [7, 11) is 0. The summed E-state index contributed by atoms with van der Waals surface area (Å²) in [5, 5.41) is 6.83. The smallest absolute Gasteiger partial charge is 0.346 e. The molecule has 1 atom stereocenters. The first-order chi connectivity index (χ1) is 10.9. The van der Waals surface area contributed by atoms with Crippen LogP contribution in [0.1, 0.15) is 34.6 Å². The second-order valence-electron chi connectivity index (χ2n) is 4.93. The van der Waals surface area contributed by atoms with Crippen LogP contribution in [-0.4, -0.2) is 23.6 Å². The van der Waals surface area contributed by atoms with E-state index in [-0.39, 0.29) is 17.5 Å². The van der Waals surface area contributed by atoms with Crippen LogP contribution in [0.4, 0.5) is 5.88 Å². The van der Waals surface area contributed by atoms with E-state index in [9.17, 15) is 9.59 Å². The molecular formula is C15H16ClN3O4. The minimum atomic E-state index is -0.758. The van der Waals surface area contributed by atoms with Crippen LogP contribution in [0.2, 0.25) is 5.02 Å². The molecule has 2 aromatic rings. The first-order valence-electron chi connectivity index (χ1n) is 6.82. The summed E-state index contributed by atoms with van der Waals surface area (Å²) in [6.07, 6.45) is 0. The summed E-state index contributed by atoms with van der Waals surface area (Å²) in [6.45, 7) is 2.92. The lowest BCUT2D eigenvalue weighted by Gasteiger charge is -2.14. The van der Waals surface area contributed by atoms with Crippen molar-refractivity contribution < 1.29 is 18.8 Å². The SMILES string of the molecule is Cc1noc(N)c1C(=O)OCC(=O)NC(C)c1cccc(Cl)c1. The molecule has 8 heteroatoms. The summed E-state index contributed by atoms with van der Waals surface area (Å²) in [5.41, 5.74) is 6.65. The van der Waals surface area contributed by atoms with E-state index in [1.807, 2.05) is 6.07 Å². The maximum absolute atomic E-state index is 11.9. The Kier molecular flexibility index (Phi) is 5.23. The van der Waals surface area contributed by atoms with E-state index in [2.05, 4.69) is 15.0 Å². The molecule has 3 N–H and O–H groups in total. The Morgan fingerprint density at radius 1 is 1.48 bits per heavy atom. The molecule has 0 aliphatic carbocycles. The molecule has 1 aromatic heterocycles. The molecule has 1 aromatic carbocycles. The number of nitrogens with zero attached hydrogens (tertiary/aromatic N) is 1. The van der Waals surface area contributed by atoms with E-state index in [0.29, 0.717) is 10.7 Å². The number of carbonyl (C=O) groups excluding carboxylic acids is 2. The number of nitrogens with one attached hydrogen (secondary N) is 1. The van der Waals surface area contributed by atoms with E-state index in [4.69, 9.17) is 22.1 Å². The third kappa shape index (κ3) is 4.23. The maximum Gasteiger partial charge on any atom is 0.346 e. The van der Waals surface area contributed by atoms with Crippen molar-refractivity contribution >= 4 is 29.4 Å². The number of ether oxygens (including phenoxy) is 1. The van der Waals surface area contributed by atoms with Crippen molar-refractivity contribution in [3.05, 3.63) is 46.1 Å². The molecule has 0 aliphatic rings. The van der Waals surface area contributed by atoms with Gasteiger partial charge in [-0.25, -0.2) is 4.79 Å². The quantitative estimate of drug-likeness (QED) is 0.810. The van der Waals surface area contributed by atoms with Gasteiger partial charge in [-0.3, -0.25) is 4.79 Å². The van der Waals surface area contributed by atoms with Crippen LogP contribution in [0.5, 0.6) is 0 Å². The molecule has 1 unspecified atom stereocenters. The summed E-state index contributed by atoms with van der Waals surface area (Å²) in [5.74, 6) is -1.34. The van der Waals surface area contributed by atoms with E-state index in [1.54, 1.807) is 32.0 Å². The number of aromatic nitrogens is 1. The standard InChI is InChI=1S/C15H16ClN3O4/c1-8(10-4-3-5-11(16)6-10)18-12(20)7-22-15(21)13-9(2)19-23-14(13)17/h3-6,8H,7,17H2,1-2H3,(H,18,20). The highest BCUT2D eigenvalue weighted by Gasteiger charge is 2.21. The molecular weight excluding hydrogens is 322 g/mol. The highest BCUT2D eigenvalue weighted by atomic mass is 35.5. The first-order valence-corrected chi connectivity index (χ1v) is 7.20. The van der Waals surface area contributed by atoms with Crippen LogP contribution >= 0.6 is 11.6 Å². The zero-order chi connectivity index (χ0) is 17.0. The Morgan fingerprint density at radius 3 is 2.83 bits per heavy atom. The zero-order valence-electron chi connectivity index (χ0n) is 12.6. The predicted molar refractivity (Wildman–Crippen MR) is 83.9 cm³/mol. The fourth-order valence-corrected chi connectivity index (χ4v) is 2.18. The van der Waals surface area contributed by atoms with Crippen molar-refractivity contribution in [3.8, 4) is 0 Å². The number of anilines is 1. The third-order valence-electron chi connectivity index (χ3n) is 3.15. The fourth-order valence-electron chi connectivity index (χ4n) is 1.98. The lowest BCUT2D eigenvalue weighted by Crippen LogP contribution is -2.31. The Balaban J connectivity index is 1.89. The van der Waals surface area contributed by atoms with Crippen LogP contribution in [0, 0.1) is 6.92 Å². The number of amides is 1. The largest absolute Gasteiger partial charge is 0.452 e. The Bertz CT molecular complexity index is 710. The van der Waals surface area contributed by atoms with E-state index >= 15 is 0 Å².